The molecule has 2 nitrogen and oxygen atoms in total. The van der Waals surface area contributed by atoms with Crippen molar-refractivity contribution in [1.29, 1.82) is 0 Å². The van der Waals surface area contributed by atoms with Gasteiger partial charge in [-0.05, 0) is 59.5 Å². The minimum absolute atomic E-state index is 0.0960. The summed E-state index contributed by atoms with van der Waals surface area (Å²) in [5.41, 5.74) is 7.40. The molecular weight excluding hydrogens is 426 g/mol. The summed E-state index contributed by atoms with van der Waals surface area (Å²) in [4.78, 5) is 0. The number of nitrogens with one attached hydrogen (secondary N) is 1. The van der Waals surface area contributed by atoms with Crippen LogP contribution < -0.4 is 5.32 Å². The van der Waals surface area contributed by atoms with Crippen LogP contribution in [0.25, 0.3) is 0 Å². The summed E-state index contributed by atoms with van der Waals surface area (Å²) in [5.74, 6) is 3.08. The van der Waals surface area contributed by atoms with Crippen LogP contribution in [-0.4, -0.2) is 12.1 Å². The van der Waals surface area contributed by atoms with Gasteiger partial charge in [0.1, 0.15) is 11.9 Å². The highest BCUT2D eigenvalue weighted by atomic mass is 16.5. The van der Waals surface area contributed by atoms with E-state index in [0.717, 1.165) is 25.7 Å². The zero-order chi connectivity index (χ0) is 23.6. The van der Waals surface area contributed by atoms with Gasteiger partial charge in [0, 0.05) is 35.6 Å². The van der Waals surface area contributed by atoms with E-state index in [-0.39, 0.29) is 11.5 Å². The van der Waals surface area contributed by atoms with E-state index in [1.54, 1.807) is 5.57 Å². The van der Waals surface area contributed by atoms with Crippen molar-refractivity contribution in [3.05, 3.63) is 119 Å². The monoisotopic (exact) mass is 461 g/mol. The normalized spacial score (nSPS) is 37.4. The number of fused-ring (bicyclic) bond motifs is 5. The zero-order valence-corrected chi connectivity index (χ0v) is 20.8. The van der Waals surface area contributed by atoms with Crippen molar-refractivity contribution < 1.29 is 4.74 Å². The van der Waals surface area contributed by atoms with Crippen molar-refractivity contribution in [3.8, 4) is 0 Å². The fourth-order valence-corrected chi connectivity index (χ4v) is 7.45. The largest absolute Gasteiger partial charge is 0.489 e. The highest BCUT2D eigenvalue weighted by Crippen LogP contribution is 2.61. The van der Waals surface area contributed by atoms with Gasteiger partial charge in [0.2, 0.25) is 0 Å². The minimum Gasteiger partial charge on any atom is -0.489 e. The molecule has 7 aliphatic rings. The summed E-state index contributed by atoms with van der Waals surface area (Å²) in [7, 11) is 0. The average Bonchev–Trinajstić information content (AvgIpc) is 3.37. The predicted octanol–water partition coefficient (Wildman–Crippen LogP) is 7.17. The Hall–Kier alpha value is -3.00. The number of hydrogen-bond acceptors (Lipinski definition) is 2. The molecule has 6 aliphatic carbocycles. The molecule has 0 amide bonds. The molecule has 178 valence electrons. The van der Waals surface area contributed by atoms with Crippen molar-refractivity contribution in [2.24, 2.45) is 29.1 Å². The standard InChI is InChI=1S/C33H35NO/c1-33(2)28-20-24(34-23-14-12-22(13-15-23)21-8-4-3-5-9-21)16-17-25(28)26-18-19-30-31(32(26)33)27-10-6-7-11-29(27)35-30/h3-6,8,10,12-14,16-21,23,25,28,30-31,34H,7,9,11,15H2,1-2H3. The van der Waals surface area contributed by atoms with Crippen molar-refractivity contribution in [2.75, 3.05) is 0 Å². The third kappa shape index (κ3) is 3.37. The summed E-state index contributed by atoms with van der Waals surface area (Å²) in [5, 5.41) is 3.83. The molecule has 35 heavy (non-hydrogen) atoms. The van der Waals surface area contributed by atoms with E-state index < -0.39 is 0 Å². The van der Waals surface area contributed by atoms with E-state index in [4.69, 9.17) is 4.74 Å². The molecular formula is C33H35NO. The molecule has 0 bridgehead atoms. The van der Waals surface area contributed by atoms with E-state index in [1.807, 2.05) is 0 Å². The van der Waals surface area contributed by atoms with Crippen LogP contribution in [0, 0.1) is 29.1 Å². The van der Waals surface area contributed by atoms with Gasteiger partial charge in [-0.1, -0.05) is 86.8 Å². The first kappa shape index (κ1) is 21.3. The average molecular weight is 462 g/mol. The van der Waals surface area contributed by atoms with Gasteiger partial charge < -0.3 is 10.1 Å². The maximum absolute atomic E-state index is 6.44. The molecule has 0 aromatic rings. The summed E-state index contributed by atoms with van der Waals surface area (Å²) < 4.78 is 6.44. The van der Waals surface area contributed by atoms with E-state index in [9.17, 15) is 0 Å². The molecule has 1 N–H and O–H groups in total. The van der Waals surface area contributed by atoms with E-state index in [2.05, 4.69) is 104 Å². The second kappa shape index (κ2) is 8.01. The summed E-state index contributed by atoms with van der Waals surface area (Å²) in [6.07, 6.45) is 37.2. The van der Waals surface area contributed by atoms with Gasteiger partial charge in [-0.15, -0.1) is 0 Å². The molecule has 2 heteroatoms. The van der Waals surface area contributed by atoms with E-state index >= 15 is 0 Å². The van der Waals surface area contributed by atoms with Crippen LogP contribution in [0.15, 0.2) is 119 Å². The fourth-order valence-electron chi connectivity index (χ4n) is 7.45. The molecule has 6 unspecified atom stereocenters. The Bertz CT molecular complexity index is 1250. The number of rotatable bonds is 3. The van der Waals surface area contributed by atoms with Crippen molar-refractivity contribution in [1.82, 2.24) is 5.32 Å². The molecule has 7 rings (SSSR count). The lowest BCUT2D eigenvalue weighted by molar-refractivity contribution is 0.146. The molecule has 0 saturated carbocycles. The van der Waals surface area contributed by atoms with Gasteiger partial charge in [-0.25, -0.2) is 0 Å². The molecule has 1 heterocycles. The third-order valence-corrected chi connectivity index (χ3v) is 9.19. The second-order valence-electron chi connectivity index (χ2n) is 11.6. The van der Waals surface area contributed by atoms with Crippen LogP contribution >= 0.6 is 0 Å². The van der Waals surface area contributed by atoms with Gasteiger partial charge in [0.05, 0.1) is 5.92 Å². The Morgan fingerprint density at radius 1 is 0.914 bits per heavy atom. The van der Waals surface area contributed by atoms with Crippen molar-refractivity contribution in [3.63, 3.8) is 0 Å². The summed E-state index contributed by atoms with van der Waals surface area (Å²) in [6.45, 7) is 4.92. The third-order valence-electron chi connectivity index (χ3n) is 9.19. The highest BCUT2D eigenvalue weighted by molar-refractivity contribution is 5.55. The lowest BCUT2D eigenvalue weighted by Crippen LogP contribution is -2.33. The fraction of sp³-hybridized carbons (Fsp3) is 0.394. The van der Waals surface area contributed by atoms with Gasteiger partial charge >= 0.3 is 0 Å². The van der Waals surface area contributed by atoms with Crippen LogP contribution in [0.3, 0.4) is 0 Å². The molecule has 1 aliphatic heterocycles. The quantitative estimate of drug-likeness (QED) is 0.481. The first-order valence-electron chi connectivity index (χ1n) is 13.5. The zero-order valence-electron chi connectivity index (χ0n) is 20.8. The van der Waals surface area contributed by atoms with Crippen LogP contribution in [0.2, 0.25) is 0 Å². The van der Waals surface area contributed by atoms with Crippen LogP contribution in [-0.2, 0) is 4.74 Å². The van der Waals surface area contributed by atoms with E-state index in [0.29, 0.717) is 29.7 Å². The topological polar surface area (TPSA) is 21.3 Å². The molecule has 0 saturated heterocycles. The predicted molar refractivity (Wildman–Crippen MR) is 143 cm³/mol. The summed E-state index contributed by atoms with van der Waals surface area (Å²) >= 11 is 0. The Morgan fingerprint density at radius 3 is 2.69 bits per heavy atom. The molecule has 0 fully saturated rings. The summed E-state index contributed by atoms with van der Waals surface area (Å²) in [6, 6.07) is 0.356. The highest BCUT2D eigenvalue weighted by Gasteiger charge is 2.53. The Morgan fingerprint density at radius 2 is 1.86 bits per heavy atom. The number of ether oxygens (including phenoxy) is 1. The number of hydrogen-bond donors (Lipinski definition) is 1. The SMILES string of the molecule is CC1(C)C2=C(C=CC3OC4=C(C=CCC4)C23)C2C=CC(NC3C=CC(C4C=CC=CC4)=CC3)=CC21. The van der Waals surface area contributed by atoms with Crippen LogP contribution in [0.5, 0.6) is 0 Å². The second-order valence-corrected chi connectivity index (χ2v) is 11.6. The minimum atomic E-state index is 0.0960. The van der Waals surface area contributed by atoms with Crippen molar-refractivity contribution in [2.45, 2.75) is 51.7 Å². The molecule has 6 atom stereocenters. The van der Waals surface area contributed by atoms with Gasteiger partial charge in [0.15, 0.2) is 0 Å². The first-order chi connectivity index (χ1) is 17.1. The van der Waals surface area contributed by atoms with Crippen LogP contribution in [0.4, 0.5) is 0 Å². The molecule has 0 aromatic heterocycles. The maximum Gasteiger partial charge on any atom is 0.127 e. The Labute approximate surface area is 209 Å². The van der Waals surface area contributed by atoms with Crippen LogP contribution in [0.1, 0.15) is 39.5 Å². The van der Waals surface area contributed by atoms with Gasteiger partial charge in [-0.3, -0.25) is 0 Å². The molecule has 0 aromatic carbocycles. The smallest absolute Gasteiger partial charge is 0.127 e. The van der Waals surface area contributed by atoms with Gasteiger partial charge in [0.25, 0.3) is 0 Å². The first-order valence-corrected chi connectivity index (χ1v) is 13.5. The maximum atomic E-state index is 6.44. The lowest BCUT2D eigenvalue weighted by atomic mass is 9.67. The number of allylic oxidation sites excluding steroid dienone is 14. The van der Waals surface area contributed by atoms with Crippen molar-refractivity contribution >= 4 is 0 Å². The molecule has 0 spiro atoms. The van der Waals surface area contributed by atoms with Gasteiger partial charge in [-0.2, -0.15) is 0 Å². The Balaban J connectivity index is 1.11. The molecule has 0 radical (unpaired) electrons. The lowest BCUT2D eigenvalue weighted by Gasteiger charge is -2.36. The Kier molecular flexibility index (Phi) is 4.88. The van der Waals surface area contributed by atoms with E-state index in [1.165, 1.54) is 28.2 Å².